The molecule has 1 aliphatic heterocycles. The minimum absolute atomic E-state index is 0.580. The first-order valence-electron chi connectivity index (χ1n) is 6.66. The van der Waals surface area contributed by atoms with Crippen LogP contribution >= 0.6 is 0 Å². The van der Waals surface area contributed by atoms with Crippen molar-refractivity contribution < 1.29 is 0 Å². The Kier molecular flexibility index (Phi) is 4.01. The van der Waals surface area contributed by atoms with E-state index in [1.807, 2.05) is 13.2 Å². The Morgan fingerprint density at radius 3 is 2.83 bits per heavy atom. The summed E-state index contributed by atoms with van der Waals surface area (Å²) in [6.07, 6.45) is 1.89. The van der Waals surface area contributed by atoms with Gasteiger partial charge in [0.15, 0.2) is 0 Å². The Morgan fingerprint density at radius 1 is 1.44 bits per heavy atom. The zero-order valence-corrected chi connectivity index (χ0v) is 11.8. The number of hydrogen-bond donors (Lipinski definition) is 1. The number of nitrogens with one attached hydrogen (secondary N) is 1. The van der Waals surface area contributed by atoms with E-state index in [9.17, 15) is 0 Å². The summed E-state index contributed by atoms with van der Waals surface area (Å²) >= 11 is 0. The van der Waals surface area contributed by atoms with Crippen LogP contribution in [0.4, 0.5) is 11.8 Å². The van der Waals surface area contributed by atoms with Gasteiger partial charge in [0.25, 0.3) is 0 Å². The van der Waals surface area contributed by atoms with Gasteiger partial charge in [-0.15, -0.1) is 0 Å². The predicted octanol–water partition coefficient (Wildman–Crippen LogP) is 1.36. The molecule has 0 saturated carbocycles. The van der Waals surface area contributed by atoms with Crippen LogP contribution in [0.5, 0.6) is 0 Å². The fourth-order valence-electron chi connectivity index (χ4n) is 2.53. The highest BCUT2D eigenvalue weighted by molar-refractivity contribution is 5.49. The molecule has 0 bridgehead atoms. The lowest BCUT2D eigenvalue weighted by molar-refractivity contribution is 0.199. The van der Waals surface area contributed by atoms with Crippen molar-refractivity contribution in [3.63, 3.8) is 0 Å². The minimum atomic E-state index is 0.580. The normalized spacial score (nSPS) is 21.1. The summed E-state index contributed by atoms with van der Waals surface area (Å²) in [4.78, 5) is 13.7. The smallest absolute Gasteiger partial charge is 0.224 e. The van der Waals surface area contributed by atoms with Gasteiger partial charge in [0.1, 0.15) is 5.82 Å². The van der Waals surface area contributed by atoms with Gasteiger partial charge in [-0.1, -0.05) is 6.92 Å². The molecule has 1 unspecified atom stereocenters. The van der Waals surface area contributed by atoms with Crippen LogP contribution in [0.3, 0.4) is 0 Å². The van der Waals surface area contributed by atoms with Crippen molar-refractivity contribution in [2.75, 3.05) is 43.4 Å². The highest BCUT2D eigenvalue weighted by Crippen LogP contribution is 2.21. The second kappa shape index (κ2) is 5.52. The number of anilines is 2. The third-order valence-electron chi connectivity index (χ3n) is 3.64. The summed E-state index contributed by atoms with van der Waals surface area (Å²) < 4.78 is 0. The van der Waals surface area contributed by atoms with Crippen LogP contribution in [0.25, 0.3) is 0 Å². The average Bonchev–Trinajstić information content (AvgIpc) is 2.39. The molecule has 1 aromatic rings. The van der Waals surface area contributed by atoms with Crippen LogP contribution in [-0.4, -0.2) is 54.1 Å². The molecule has 100 valence electrons. The van der Waals surface area contributed by atoms with E-state index < -0.39 is 0 Å². The van der Waals surface area contributed by atoms with Crippen LogP contribution in [-0.2, 0) is 0 Å². The lowest BCUT2D eigenvalue weighted by atomic mass is 10.2. The van der Waals surface area contributed by atoms with E-state index >= 15 is 0 Å². The summed E-state index contributed by atoms with van der Waals surface area (Å²) in [5.74, 6) is 1.76. The van der Waals surface area contributed by atoms with E-state index in [2.05, 4.69) is 45.9 Å². The van der Waals surface area contributed by atoms with Crippen LogP contribution in [0.15, 0.2) is 6.20 Å². The molecule has 0 aliphatic carbocycles. The highest BCUT2D eigenvalue weighted by atomic mass is 15.3. The lowest BCUT2D eigenvalue weighted by Gasteiger charge is -2.40. The monoisotopic (exact) mass is 249 g/mol. The molecule has 0 spiro atoms. The van der Waals surface area contributed by atoms with E-state index in [0.717, 1.165) is 37.6 Å². The molecular formula is C13H23N5. The Morgan fingerprint density at radius 2 is 2.22 bits per heavy atom. The summed E-state index contributed by atoms with van der Waals surface area (Å²) in [6, 6.07) is 0.580. The molecule has 1 N–H and O–H groups in total. The number of aromatic nitrogens is 2. The van der Waals surface area contributed by atoms with Crippen molar-refractivity contribution in [2.24, 2.45) is 0 Å². The number of rotatable bonds is 3. The van der Waals surface area contributed by atoms with Crippen molar-refractivity contribution in [1.82, 2.24) is 14.9 Å². The molecule has 18 heavy (non-hydrogen) atoms. The van der Waals surface area contributed by atoms with Gasteiger partial charge in [0.2, 0.25) is 5.95 Å². The van der Waals surface area contributed by atoms with Crippen molar-refractivity contribution >= 4 is 11.8 Å². The number of likely N-dealkylation sites (N-methyl/N-ethyl adjacent to an activating group) is 1. The summed E-state index contributed by atoms with van der Waals surface area (Å²) in [7, 11) is 1.85. The predicted molar refractivity (Wildman–Crippen MR) is 75.2 cm³/mol. The van der Waals surface area contributed by atoms with E-state index in [-0.39, 0.29) is 0 Å². The topological polar surface area (TPSA) is 44.3 Å². The molecule has 1 atom stereocenters. The van der Waals surface area contributed by atoms with Crippen molar-refractivity contribution in [2.45, 2.75) is 26.8 Å². The summed E-state index contributed by atoms with van der Waals surface area (Å²) in [6.45, 7) is 10.9. The molecule has 0 amide bonds. The van der Waals surface area contributed by atoms with Gasteiger partial charge >= 0.3 is 0 Å². The maximum atomic E-state index is 4.58. The first kappa shape index (κ1) is 13.1. The van der Waals surface area contributed by atoms with Crippen LogP contribution in [0.2, 0.25) is 0 Å². The van der Waals surface area contributed by atoms with Crippen LogP contribution < -0.4 is 10.2 Å². The Bertz CT molecular complexity index is 406. The molecule has 1 fully saturated rings. The van der Waals surface area contributed by atoms with E-state index in [4.69, 9.17) is 0 Å². The van der Waals surface area contributed by atoms with Gasteiger partial charge in [0.05, 0.1) is 0 Å². The zero-order valence-electron chi connectivity index (χ0n) is 11.8. The van der Waals surface area contributed by atoms with Gasteiger partial charge in [-0.05, 0) is 20.4 Å². The fraction of sp³-hybridized carbons (Fsp3) is 0.692. The second-order valence-electron chi connectivity index (χ2n) is 4.87. The van der Waals surface area contributed by atoms with E-state index in [1.54, 1.807) is 0 Å². The third-order valence-corrected chi connectivity index (χ3v) is 3.64. The molecule has 5 nitrogen and oxygen atoms in total. The van der Waals surface area contributed by atoms with Gasteiger partial charge < -0.3 is 10.2 Å². The largest absolute Gasteiger partial charge is 0.357 e. The Balaban J connectivity index is 2.17. The molecule has 2 rings (SSSR count). The van der Waals surface area contributed by atoms with E-state index in [1.165, 1.54) is 0 Å². The Labute approximate surface area is 109 Å². The molecule has 0 radical (unpaired) electrons. The quantitative estimate of drug-likeness (QED) is 0.876. The standard InChI is InChI=1S/C13H23N5/c1-5-17-6-7-18(9-11(17)3)12-10(2)8-15-13(14-4)16-12/h8,11H,5-7,9H2,1-4H3,(H,14,15,16). The van der Waals surface area contributed by atoms with Gasteiger partial charge in [-0.25, -0.2) is 4.98 Å². The van der Waals surface area contributed by atoms with Gasteiger partial charge in [-0.3, -0.25) is 4.90 Å². The summed E-state index contributed by atoms with van der Waals surface area (Å²) in [5, 5.41) is 3.01. The molecule has 5 heteroatoms. The molecular weight excluding hydrogens is 226 g/mol. The van der Waals surface area contributed by atoms with Crippen molar-refractivity contribution in [3.8, 4) is 0 Å². The maximum Gasteiger partial charge on any atom is 0.224 e. The Hall–Kier alpha value is -1.36. The van der Waals surface area contributed by atoms with Crippen molar-refractivity contribution in [1.29, 1.82) is 0 Å². The lowest BCUT2D eigenvalue weighted by Crippen LogP contribution is -2.52. The SMILES string of the molecule is CCN1CCN(c2nc(NC)ncc2C)CC1C. The molecule has 1 aliphatic rings. The van der Waals surface area contributed by atoms with E-state index in [0.29, 0.717) is 12.0 Å². The van der Waals surface area contributed by atoms with Crippen LogP contribution in [0.1, 0.15) is 19.4 Å². The average molecular weight is 249 g/mol. The minimum Gasteiger partial charge on any atom is -0.357 e. The molecule has 1 aromatic heterocycles. The second-order valence-corrected chi connectivity index (χ2v) is 4.87. The molecule has 1 saturated heterocycles. The number of piperazine rings is 1. The zero-order chi connectivity index (χ0) is 13.1. The molecule has 0 aromatic carbocycles. The van der Waals surface area contributed by atoms with Crippen molar-refractivity contribution in [3.05, 3.63) is 11.8 Å². The highest BCUT2D eigenvalue weighted by Gasteiger charge is 2.24. The first-order valence-corrected chi connectivity index (χ1v) is 6.66. The summed E-state index contributed by atoms with van der Waals surface area (Å²) in [5.41, 5.74) is 1.14. The third kappa shape index (κ3) is 2.56. The number of aryl methyl sites for hydroxylation is 1. The van der Waals surface area contributed by atoms with Gasteiger partial charge in [0, 0.05) is 44.5 Å². The number of hydrogen-bond acceptors (Lipinski definition) is 5. The first-order chi connectivity index (χ1) is 8.65. The molecule has 2 heterocycles. The fourth-order valence-corrected chi connectivity index (χ4v) is 2.53. The van der Waals surface area contributed by atoms with Crippen LogP contribution in [0, 0.1) is 6.92 Å². The number of nitrogens with zero attached hydrogens (tertiary/aromatic N) is 4. The van der Waals surface area contributed by atoms with Gasteiger partial charge in [-0.2, -0.15) is 4.98 Å². The maximum absolute atomic E-state index is 4.58.